The number of H-pyrrole nitrogens is 1. The number of nitrogens with one attached hydrogen (secondary N) is 2. The van der Waals surface area contributed by atoms with Crippen LogP contribution in [0.2, 0.25) is 0 Å². The average Bonchev–Trinajstić information content (AvgIpc) is 3.51. The van der Waals surface area contributed by atoms with E-state index in [9.17, 15) is 4.79 Å². The van der Waals surface area contributed by atoms with E-state index in [1.165, 1.54) is 0 Å². The Labute approximate surface area is 178 Å². The number of carbonyl (C=O) groups excluding carboxylic acids is 1. The maximum atomic E-state index is 13.4. The Morgan fingerprint density at radius 3 is 2.74 bits per heavy atom. The molecule has 31 heavy (non-hydrogen) atoms. The number of amides is 1. The van der Waals surface area contributed by atoms with Crippen LogP contribution in [0, 0.1) is 0 Å². The second-order valence-electron chi connectivity index (χ2n) is 7.41. The average molecular weight is 413 g/mol. The van der Waals surface area contributed by atoms with Crippen LogP contribution in [0.1, 0.15) is 41.3 Å². The third kappa shape index (κ3) is 3.26. The molecule has 0 unspecified atom stereocenters. The van der Waals surface area contributed by atoms with Gasteiger partial charge >= 0.3 is 0 Å². The molecule has 2 N–H and O–H groups in total. The Bertz CT molecular complexity index is 1380. The largest absolute Gasteiger partial charge is 0.320 e. The number of fused-ring (bicyclic) bond motifs is 2. The first-order chi connectivity index (χ1) is 15.2. The number of benzene rings is 1. The maximum Gasteiger partial charge on any atom is 0.274 e. The fraction of sp³-hybridized carbons (Fsp3) is 0.217. The summed E-state index contributed by atoms with van der Waals surface area (Å²) in [6.45, 7) is 4.69. The van der Waals surface area contributed by atoms with E-state index in [0.717, 1.165) is 45.6 Å². The van der Waals surface area contributed by atoms with E-state index in [-0.39, 0.29) is 5.91 Å². The first-order valence-corrected chi connectivity index (χ1v) is 10.4. The highest BCUT2D eigenvalue weighted by Crippen LogP contribution is 2.29. The minimum absolute atomic E-state index is 0.173. The normalized spacial score (nSPS) is 11.4. The molecular weight excluding hydrogens is 390 g/mol. The van der Waals surface area contributed by atoms with Gasteiger partial charge in [0.2, 0.25) is 0 Å². The fourth-order valence-corrected chi connectivity index (χ4v) is 4.03. The lowest BCUT2D eigenvalue weighted by atomic mass is 10.1. The van der Waals surface area contributed by atoms with Gasteiger partial charge in [-0.3, -0.25) is 19.0 Å². The SMILES string of the molecule is CCc1nc2ccccn2c1C(=O)Nc1cccc2c1c(CC)nn2Cc1cn[nH]c1. The number of anilines is 1. The van der Waals surface area contributed by atoms with Crippen molar-refractivity contribution in [2.45, 2.75) is 33.2 Å². The van der Waals surface area contributed by atoms with Crippen LogP contribution in [0.5, 0.6) is 0 Å². The Hall–Kier alpha value is -3.94. The molecule has 156 valence electrons. The minimum Gasteiger partial charge on any atom is -0.320 e. The summed E-state index contributed by atoms with van der Waals surface area (Å²) in [5.41, 5.74) is 5.84. The topological polar surface area (TPSA) is 92.9 Å². The zero-order valence-corrected chi connectivity index (χ0v) is 17.5. The number of imidazole rings is 1. The number of aromatic nitrogens is 6. The lowest BCUT2D eigenvalue weighted by molar-refractivity contribution is 0.102. The van der Waals surface area contributed by atoms with Gasteiger partial charge in [-0.1, -0.05) is 26.0 Å². The van der Waals surface area contributed by atoms with Crippen molar-refractivity contribution in [1.29, 1.82) is 0 Å². The molecule has 0 spiro atoms. The van der Waals surface area contributed by atoms with Gasteiger partial charge in [0.05, 0.1) is 35.3 Å². The number of nitrogens with zero attached hydrogens (tertiary/aromatic N) is 5. The van der Waals surface area contributed by atoms with E-state index in [1.54, 1.807) is 6.20 Å². The summed E-state index contributed by atoms with van der Waals surface area (Å²) in [4.78, 5) is 18.0. The molecule has 8 heteroatoms. The summed E-state index contributed by atoms with van der Waals surface area (Å²) in [5, 5.41) is 15.8. The highest BCUT2D eigenvalue weighted by atomic mass is 16.2. The summed E-state index contributed by atoms with van der Waals surface area (Å²) in [6, 6.07) is 11.6. The molecule has 5 aromatic rings. The zero-order valence-electron chi connectivity index (χ0n) is 17.5. The summed E-state index contributed by atoms with van der Waals surface area (Å²) in [6.07, 6.45) is 6.97. The van der Waals surface area contributed by atoms with Gasteiger partial charge < -0.3 is 5.32 Å². The molecule has 5 rings (SSSR count). The summed E-state index contributed by atoms with van der Waals surface area (Å²) >= 11 is 0. The van der Waals surface area contributed by atoms with Gasteiger partial charge in [0, 0.05) is 23.3 Å². The standard InChI is InChI=1S/C23H23N7O/c1-3-16-21-18(8-7-9-19(21)30(28-16)14-15-12-24-25-13-15)27-23(31)22-17(4-2)26-20-10-5-6-11-29(20)22/h5-13H,3-4,14H2,1-2H3,(H,24,25)(H,27,31). The van der Waals surface area contributed by atoms with Crippen molar-refractivity contribution in [2.24, 2.45) is 0 Å². The number of hydrogen-bond donors (Lipinski definition) is 2. The van der Waals surface area contributed by atoms with Crippen molar-refractivity contribution < 1.29 is 4.79 Å². The first-order valence-electron chi connectivity index (χ1n) is 10.4. The van der Waals surface area contributed by atoms with Crippen molar-refractivity contribution in [3.05, 3.63) is 77.6 Å². The number of pyridine rings is 1. The van der Waals surface area contributed by atoms with Crippen LogP contribution >= 0.6 is 0 Å². The molecule has 1 aromatic carbocycles. The molecule has 0 aliphatic carbocycles. The monoisotopic (exact) mass is 413 g/mol. The number of hydrogen-bond acceptors (Lipinski definition) is 4. The summed E-state index contributed by atoms with van der Waals surface area (Å²) in [7, 11) is 0. The number of aryl methyl sites for hydroxylation is 2. The molecule has 8 nitrogen and oxygen atoms in total. The highest BCUT2D eigenvalue weighted by molar-refractivity contribution is 6.09. The van der Waals surface area contributed by atoms with E-state index in [2.05, 4.69) is 27.4 Å². The van der Waals surface area contributed by atoms with Crippen LogP contribution in [0.3, 0.4) is 0 Å². The quantitative estimate of drug-likeness (QED) is 0.442. The van der Waals surface area contributed by atoms with Crippen LogP contribution in [0.4, 0.5) is 5.69 Å². The van der Waals surface area contributed by atoms with Crippen LogP contribution in [0.15, 0.2) is 55.0 Å². The predicted octanol–water partition coefficient (Wildman–Crippen LogP) is 3.83. The van der Waals surface area contributed by atoms with Gasteiger partial charge in [-0.25, -0.2) is 4.98 Å². The van der Waals surface area contributed by atoms with E-state index in [4.69, 9.17) is 5.10 Å². The molecule has 1 amide bonds. The smallest absolute Gasteiger partial charge is 0.274 e. The molecular formula is C23H23N7O. The van der Waals surface area contributed by atoms with Gasteiger partial charge in [0.1, 0.15) is 11.3 Å². The van der Waals surface area contributed by atoms with Crippen LogP contribution < -0.4 is 5.32 Å². The maximum absolute atomic E-state index is 13.4. The van der Waals surface area contributed by atoms with E-state index in [0.29, 0.717) is 18.7 Å². The second-order valence-corrected chi connectivity index (χ2v) is 7.41. The first kappa shape index (κ1) is 19.0. The molecule has 0 saturated heterocycles. The number of rotatable bonds is 6. The van der Waals surface area contributed by atoms with Crippen molar-refractivity contribution in [3.8, 4) is 0 Å². The van der Waals surface area contributed by atoms with Gasteiger partial charge in [0.25, 0.3) is 5.91 Å². The molecule has 0 atom stereocenters. The number of carbonyl (C=O) groups is 1. The molecule has 0 bridgehead atoms. The lowest BCUT2D eigenvalue weighted by Gasteiger charge is -2.09. The molecule has 0 saturated carbocycles. The van der Waals surface area contributed by atoms with Crippen LogP contribution in [-0.2, 0) is 19.4 Å². The predicted molar refractivity (Wildman–Crippen MR) is 119 cm³/mol. The van der Waals surface area contributed by atoms with Gasteiger partial charge in [0.15, 0.2) is 0 Å². The minimum atomic E-state index is -0.173. The van der Waals surface area contributed by atoms with Crippen molar-refractivity contribution in [3.63, 3.8) is 0 Å². The third-order valence-electron chi connectivity index (χ3n) is 5.47. The Morgan fingerprint density at radius 1 is 1.10 bits per heavy atom. The molecule has 0 fully saturated rings. The van der Waals surface area contributed by atoms with Crippen molar-refractivity contribution in [2.75, 3.05) is 5.32 Å². The highest BCUT2D eigenvalue weighted by Gasteiger charge is 2.20. The van der Waals surface area contributed by atoms with Gasteiger partial charge in [-0.2, -0.15) is 10.2 Å². The van der Waals surface area contributed by atoms with E-state index >= 15 is 0 Å². The third-order valence-corrected chi connectivity index (χ3v) is 5.47. The van der Waals surface area contributed by atoms with Gasteiger partial charge in [-0.05, 0) is 37.1 Å². The van der Waals surface area contributed by atoms with Crippen LogP contribution in [-0.4, -0.2) is 35.3 Å². The van der Waals surface area contributed by atoms with Crippen molar-refractivity contribution in [1.82, 2.24) is 29.4 Å². The van der Waals surface area contributed by atoms with E-state index in [1.807, 2.05) is 64.8 Å². The van der Waals surface area contributed by atoms with Crippen molar-refractivity contribution >= 4 is 28.1 Å². The molecule has 0 aliphatic rings. The Morgan fingerprint density at radius 2 is 1.97 bits per heavy atom. The molecule has 4 aromatic heterocycles. The summed E-state index contributed by atoms with van der Waals surface area (Å²) < 4.78 is 3.80. The van der Waals surface area contributed by atoms with Gasteiger partial charge in [-0.15, -0.1) is 0 Å². The lowest BCUT2D eigenvalue weighted by Crippen LogP contribution is -2.16. The molecule has 4 heterocycles. The Kier molecular flexibility index (Phi) is 4.74. The summed E-state index contributed by atoms with van der Waals surface area (Å²) in [5.74, 6) is -0.173. The second kappa shape index (κ2) is 7.71. The fourth-order valence-electron chi connectivity index (χ4n) is 4.03. The van der Waals surface area contributed by atoms with Crippen LogP contribution in [0.25, 0.3) is 16.6 Å². The van der Waals surface area contributed by atoms with E-state index < -0.39 is 0 Å². The molecule has 0 aliphatic heterocycles. The zero-order chi connectivity index (χ0) is 21.4. The Balaban J connectivity index is 1.57. The number of aromatic amines is 1. The molecule has 0 radical (unpaired) electrons.